The van der Waals surface area contributed by atoms with Crippen molar-refractivity contribution in [3.05, 3.63) is 40.5 Å². The molecule has 70 valence electrons. The van der Waals surface area contributed by atoms with Crippen LogP contribution in [0.1, 0.15) is 28.7 Å². The lowest BCUT2D eigenvalue weighted by Gasteiger charge is -2.13. The van der Waals surface area contributed by atoms with Crippen LogP contribution in [-0.4, -0.2) is 5.78 Å². The summed E-state index contributed by atoms with van der Waals surface area (Å²) in [6.07, 6.45) is 8.00. The molecular weight excluding hydrogens is 172 g/mol. The van der Waals surface area contributed by atoms with E-state index in [1.54, 1.807) is 6.08 Å². The summed E-state index contributed by atoms with van der Waals surface area (Å²) in [5, 5.41) is 0. The third-order valence-corrected chi connectivity index (χ3v) is 3.22. The maximum atomic E-state index is 11.2. The molecular formula is C13H12O. The highest BCUT2D eigenvalue weighted by Gasteiger charge is 2.19. The van der Waals surface area contributed by atoms with E-state index in [1.807, 2.05) is 6.08 Å². The lowest BCUT2D eigenvalue weighted by Crippen LogP contribution is -2.07. The summed E-state index contributed by atoms with van der Waals surface area (Å²) < 4.78 is 0. The van der Waals surface area contributed by atoms with Gasteiger partial charge in [-0.1, -0.05) is 18.2 Å². The Kier molecular flexibility index (Phi) is 1.60. The van der Waals surface area contributed by atoms with Gasteiger partial charge in [-0.2, -0.15) is 0 Å². The maximum Gasteiger partial charge on any atom is 0.160 e. The molecule has 0 atom stereocenters. The van der Waals surface area contributed by atoms with Crippen molar-refractivity contribution < 1.29 is 4.79 Å². The van der Waals surface area contributed by atoms with Crippen LogP contribution in [0.5, 0.6) is 0 Å². The fraction of sp³-hybridized carbons (Fsp3) is 0.308. The molecule has 1 nitrogen and oxygen atoms in total. The van der Waals surface area contributed by atoms with Crippen molar-refractivity contribution in [1.29, 1.82) is 0 Å². The fourth-order valence-corrected chi connectivity index (χ4v) is 2.53. The predicted octanol–water partition coefficient (Wildman–Crippen LogP) is 2.31. The lowest BCUT2D eigenvalue weighted by molar-refractivity contribution is -0.114. The smallest absolute Gasteiger partial charge is 0.160 e. The number of benzene rings is 1. The second-order valence-electron chi connectivity index (χ2n) is 4.11. The van der Waals surface area contributed by atoms with Crippen molar-refractivity contribution in [2.75, 3.05) is 0 Å². The van der Waals surface area contributed by atoms with Gasteiger partial charge < -0.3 is 0 Å². The minimum atomic E-state index is 0.232. The van der Waals surface area contributed by atoms with Crippen molar-refractivity contribution in [1.82, 2.24) is 0 Å². The Morgan fingerprint density at radius 3 is 2.79 bits per heavy atom. The molecule has 0 unspecified atom stereocenters. The van der Waals surface area contributed by atoms with Gasteiger partial charge in [0, 0.05) is 6.42 Å². The summed E-state index contributed by atoms with van der Waals surface area (Å²) in [6, 6.07) is 4.33. The third kappa shape index (κ3) is 1.05. The molecule has 0 fully saturated rings. The molecule has 2 aliphatic carbocycles. The molecule has 0 radical (unpaired) electrons. The van der Waals surface area contributed by atoms with E-state index < -0.39 is 0 Å². The van der Waals surface area contributed by atoms with Crippen LogP contribution >= 0.6 is 0 Å². The molecule has 2 aliphatic rings. The van der Waals surface area contributed by atoms with E-state index in [9.17, 15) is 4.79 Å². The molecule has 1 aromatic rings. The van der Waals surface area contributed by atoms with Crippen molar-refractivity contribution in [2.45, 2.75) is 25.7 Å². The number of hydrogen-bond donors (Lipinski definition) is 0. The van der Waals surface area contributed by atoms with Crippen molar-refractivity contribution in [3.63, 3.8) is 0 Å². The Morgan fingerprint density at radius 1 is 1.00 bits per heavy atom. The van der Waals surface area contributed by atoms with E-state index in [0.717, 1.165) is 0 Å². The molecule has 0 aliphatic heterocycles. The van der Waals surface area contributed by atoms with Gasteiger partial charge in [0.25, 0.3) is 0 Å². The number of hydrogen-bond acceptors (Lipinski definition) is 1. The van der Waals surface area contributed by atoms with E-state index in [4.69, 9.17) is 0 Å². The summed E-state index contributed by atoms with van der Waals surface area (Å²) in [4.78, 5) is 11.2. The van der Waals surface area contributed by atoms with Gasteiger partial charge in [0.05, 0.1) is 0 Å². The zero-order chi connectivity index (χ0) is 9.54. The van der Waals surface area contributed by atoms with Crippen LogP contribution in [0.3, 0.4) is 0 Å². The highest BCUT2D eigenvalue weighted by atomic mass is 16.1. The average Bonchev–Trinajstić information content (AvgIpc) is 2.65. The van der Waals surface area contributed by atoms with E-state index in [2.05, 4.69) is 12.1 Å². The number of ketones is 1. The summed E-state index contributed by atoms with van der Waals surface area (Å²) in [5.41, 5.74) is 5.53. The largest absolute Gasteiger partial charge is 0.294 e. The van der Waals surface area contributed by atoms with Gasteiger partial charge in [0.15, 0.2) is 5.78 Å². The number of carbonyl (C=O) groups is 1. The fourth-order valence-electron chi connectivity index (χ4n) is 2.53. The van der Waals surface area contributed by atoms with Gasteiger partial charge in [-0.3, -0.25) is 4.79 Å². The molecule has 1 aromatic carbocycles. The minimum Gasteiger partial charge on any atom is -0.294 e. The average molecular weight is 184 g/mol. The molecule has 0 bridgehead atoms. The first-order chi connectivity index (χ1) is 6.84. The van der Waals surface area contributed by atoms with Crippen LogP contribution in [0.15, 0.2) is 18.2 Å². The Labute approximate surface area is 83.4 Å². The van der Waals surface area contributed by atoms with Crippen LogP contribution in [0.4, 0.5) is 0 Å². The molecule has 3 rings (SSSR count). The maximum absolute atomic E-state index is 11.2. The minimum absolute atomic E-state index is 0.232. The zero-order valence-electron chi connectivity index (χ0n) is 8.05. The zero-order valence-corrected chi connectivity index (χ0v) is 8.05. The van der Waals surface area contributed by atoms with Gasteiger partial charge in [0.1, 0.15) is 0 Å². The summed E-state index contributed by atoms with van der Waals surface area (Å²) in [6.45, 7) is 0. The molecule has 0 aromatic heterocycles. The SMILES string of the molecule is O=C1C=Cc2c(ccc3c2CCC3)C1. The molecule has 1 heteroatoms. The van der Waals surface area contributed by atoms with Crippen LogP contribution in [-0.2, 0) is 24.1 Å². The topological polar surface area (TPSA) is 17.1 Å². The number of fused-ring (bicyclic) bond motifs is 3. The third-order valence-electron chi connectivity index (χ3n) is 3.22. The van der Waals surface area contributed by atoms with Crippen molar-refractivity contribution >= 4 is 11.9 Å². The van der Waals surface area contributed by atoms with Crippen LogP contribution in [0, 0.1) is 0 Å². The van der Waals surface area contributed by atoms with Crippen LogP contribution in [0.2, 0.25) is 0 Å². The lowest BCUT2D eigenvalue weighted by atomic mass is 9.91. The second kappa shape index (κ2) is 2.81. The van der Waals surface area contributed by atoms with E-state index in [0.29, 0.717) is 6.42 Å². The van der Waals surface area contributed by atoms with E-state index in [-0.39, 0.29) is 5.78 Å². The monoisotopic (exact) mass is 184 g/mol. The predicted molar refractivity (Wildman–Crippen MR) is 56.2 cm³/mol. The quantitative estimate of drug-likeness (QED) is 0.604. The van der Waals surface area contributed by atoms with E-state index in [1.165, 1.54) is 41.5 Å². The van der Waals surface area contributed by atoms with Crippen LogP contribution in [0.25, 0.3) is 6.08 Å². The Hall–Kier alpha value is -1.37. The van der Waals surface area contributed by atoms with Crippen molar-refractivity contribution in [2.24, 2.45) is 0 Å². The molecule has 0 saturated carbocycles. The molecule has 0 N–H and O–H groups in total. The number of carbonyl (C=O) groups excluding carboxylic acids is 1. The highest BCUT2D eigenvalue weighted by molar-refractivity contribution is 5.98. The van der Waals surface area contributed by atoms with Gasteiger partial charge in [-0.05, 0) is 47.6 Å². The molecule has 0 saturated heterocycles. The van der Waals surface area contributed by atoms with E-state index >= 15 is 0 Å². The first-order valence-corrected chi connectivity index (χ1v) is 5.19. The Bertz CT molecular complexity index is 441. The molecule has 0 spiro atoms. The second-order valence-corrected chi connectivity index (χ2v) is 4.11. The van der Waals surface area contributed by atoms with Gasteiger partial charge in [0.2, 0.25) is 0 Å². The first-order valence-electron chi connectivity index (χ1n) is 5.19. The number of aryl methyl sites for hydroxylation is 1. The molecule has 0 heterocycles. The molecule has 14 heavy (non-hydrogen) atoms. The van der Waals surface area contributed by atoms with Crippen LogP contribution < -0.4 is 0 Å². The van der Waals surface area contributed by atoms with Gasteiger partial charge in [-0.25, -0.2) is 0 Å². The van der Waals surface area contributed by atoms with Crippen molar-refractivity contribution in [3.8, 4) is 0 Å². The number of rotatable bonds is 0. The standard InChI is InChI=1S/C13H12O/c14-11-6-7-13-10(8-11)5-4-9-2-1-3-12(9)13/h4-7H,1-3,8H2. The number of allylic oxidation sites excluding steroid dienone is 1. The highest BCUT2D eigenvalue weighted by Crippen LogP contribution is 2.30. The first kappa shape index (κ1) is 7.98. The molecule has 0 amide bonds. The normalized spacial score (nSPS) is 18.1. The Balaban J connectivity index is 2.22. The van der Waals surface area contributed by atoms with Gasteiger partial charge in [-0.15, -0.1) is 0 Å². The van der Waals surface area contributed by atoms with Gasteiger partial charge >= 0.3 is 0 Å². The summed E-state index contributed by atoms with van der Waals surface area (Å²) in [7, 11) is 0. The summed E-state index contributed by atoms with van der Waals surface area (Å²) in [5.74, 6) is 0.232. The summed E-state index contributed by atoms with van der Waals surface area (Å²) >= 11 is 0. The Morgan fingerprint density at radius 2 is 1.86 bits per heavy atom.